The molecular formula is C12H18BrClFN. The number of benzene rings is 1. The van der Waals surface area contributed by atoms with Gasteiger partial charge in [0.05, 0.1) is 4.47 Å². The molecule has 1 aromatic rings. The van der Waals surface area contributed by atoms with Gasteiger partial charge in [-0.05, 0) is 40.0 Å². The van der Waals surface area contributed by atoms with Crippen molar-refractivity contribution in [3.63, 3.8) is 0 Å². The molecule has 0 saturated heterocycles. The van der Waals surface area contributed by atoms with Gasteiger partial charge in [0.1, 0.15) is 5.82 Å². The molecule has 0 radical (unpaired) electrons. The summed E-state index contributed by atoms with van der Waals surface area (Å²) in [5.41, 5.74) is 7.01. The lowest BCUT2D eigenvalue weighted by Crippen LogP contribution is -2.10. The quantitative estimate of drug-likeness (QED) is 0.791. The van der Waals surface area contributed by atoms with Crippen LogP contribution in [0.3, 0.4) is 0 Å². The maximum atomic E-state index is 13.0. The maximum absolute atomic E-state index is 13.0. The van der Waals surface area contributed by atoms with Crippen molar-refractivity contribution >= 4 is 28.3 Å². The molecule has 1 atom stereocenters. The van der Waals surface area contributed by atoms with Crippen molar-refractivity contribution in [2.24, 2.45) is 5.73 Å². The maximum Gasteiger partial charge on any atom is 0.137 e. The van der Waals surface area contributed by atoms with Crippen LogP contribution in [0.1, 0.15) is 44.2 Å². The standard InChI is InChI=1S/C12H17BrFN.ClH/c1-2-3-4-5-12(15)9-6-7-11(14)10(13)8-9;/h6-8,12H,2-5,15H2,1H3;1H/t12-;/m0./s1. The number of hydrogen-bond acceptors (Lipinski definition) is 1. The van der Waals surface area contributed by atoms with E-state index in [2.05, 4.69) is 22.9 Å². The van der Waals surface area contributed by atoms with Gasteiger partial charge in [0.2, 0.25) is 0 Å². The van der Waals surface area contributed by atoms with Crippen LogP contribution in [0.2, 0.25) is 0 Å². The van der Waals surface area contributed by atoms with Crippen LogP contribution in [0.25, 0.3) is 0 Å². The third kappa shape index (κ3) is 4.81. The SMILES string of the molecule is CCCCC[C@H](N)c1ccc(F)c(Br)c1.Cl. The Kier molecular flexibility index (Phi) is 7.98. The highest BCUT2D eigenvalue weighted by molar-refractivity contribution is 9.10. The summed E-state index contributed by atoms with van der Waals surface area (Å²) in [5.74, 6) is -0.237. The van der Waals surface area contributed by atoms with Crippen molar-refractivity contribution in [1.29, 1.82) is 0 Å². The molecule has 1 rings (SSSR count). The molecular weight excluding hydrogens is 292 g/mol. The van der Waals surface area contributed by atoms with E-state index in [-0.39, 0.29) is 24.3 Å². The number of nitrogens with two attached hydrogens (primary N) is 1. The molecule has 0 aromatic heterocycles. The largest absolute Gasteiger partial charge is 0.324 e. The number of halogens is 3. The molecule has 0 aliphatic carbocycles. The van der Waals surface area contributed by atoms with E-state index in [9.17, 15) is 4.39 Å². The van der Waals surface area contributed by atoms with Crippen LogP contribution < -0.4 is 5.73 Å². The van der Waals surface area contributed by atoms with E-state index in [4.69, 9.17) is 5.73 Å². The van der Waals surface area contributed by atoms with E-state index in [0.29, 0.717) is 4.47 Å². The van der Waals surface area contributed by atoms with E-state index in [0.717, 1.165) is 18.4 Å². The summed E-state index contributed by atoms with van der Waals surface area (Å²) >= 11 is 3.17. The van der Waals surface area contributed by atoms with Crippen molar-refractivity contribution in [2.75, 3.05) is 0 Å². The molecule has 4 heteroatoms. The smallest absolute Gasteiger partial charge is 0.137 e. The Morgan fingerprint density at radius 1 is 1.38 bits per heavy atom. The summed E-state index contributed by atoms with van der Waals surface area (Å²) < 4.78 is 13.5. The van der Waals surface area contributed by atoms with Gasteiger partial charge in [0, 0.05) is 6.04 Å². The molecule has 0 amide bonds. The third-order valence-electron chi connectivity index (χ3n) is 2.49. The monoisotopic (exact) mass is 309 g/mol. The Bertz CT molecular complexity index is 320. The van der Waals surface area contributed by atoms with E-state index < -0.39 is 0 Å². The molecule has 0 heterocycles. The van der Waals surface area contributed by atoms with Gasteiger partial charge in [-0.2, -0.15) is 0 Å². The first-order chi connectivity index (χ1) is 7.15. The molecule has 0 aliphatic rings. The van der Waals surface area contributed by atoms with Gasteiger partial charge in [0.25, 0.3) is 0 Å². The van der Waals surface area contributed by atoms with Crippen molar-refractivity contribution in [3.05, 3.63) is 34.1 Å². The molecule has 1 aromatic carbocycles. The van der Waals surface area contributed by atoms with E-state index in [1.54, 1.807) is 12.1 Å². The van der Waals surface area contributed by atoms with Crippen LogP contribution in [-0.2, 0) is 0 Å². The van der Waals surface area contributed by atoms with Crippen molar-refractivity contribution < 1.29 is 4.39 Å². The predicted molar refractivity (Wildman–Crippen MR) is 72.4 cm³/mol. The average Bonchev–Trinajstić information content (AvgIpc) is 2.22. The highest BCUT2D eigenvalue weighted by Gasteiger charge is 2.07. The molecule has 92 valence electrons. The van der Waals surface area contributed by atoms with E-state index >= 15 is 0 Å². The molecule has 0 bridgehead atoms. The minimum atomic E-state index is -0.237. The van der Waals surface area contributed by atoms with Gasteiger partial charge < -0.3 is 5.73 Å². The normalized spacial score (nSPS) is 12.0. The zero-order valence-electron chi connectivity index (χ0n) is 9.38. The Labute approximate surface area is 111 Å². The summed E-state index contributed by atoms with van der Waals surface area (Å²) in [6.45, 7) is 2.17. The summed E-state index contributed by atoms with van der Waals surface area (Å²) in [4.78, 5) is 0. The summed E-state index contributed by atoms with van der Waals surface area (Å²) in [7, 11) is 0. The third-order valence-corrected chi connectivity index (χ3v) is 3.10. The molecule has 0 saturated carbocycles. The fourth-order valence-corrected chi connectivity index (χ4v) is 1.92. The first-order valence-electron chi connectivity index (χ1n) is 5.35. The highest BCUT2D eigenvalue weighted by Crippen LogP contribution is 2.23. The van der Waals surface area contributed by atoms with Crippen LogP contribution in [-0.4, -0.2) is 0 Å². The Balaban J connectivity index is 0.00000225. The van der Waals surface area contributed by atoms with Gasteiger partial charge in [-0.15, -0.1) is 12.4 Å². The van der Waals surface area contributed by atoms with Crippen LogP contribution >= 0.6 is 28.3 Å². The topological polar surface area (TPSA) is 26.0 Å². The summed E-state index contributed by atoms with van der Waals surface area (Å²) in [5, 5.41) is 0. The average molecular weight is 311 g/mol. The Hall–Kier alpha value is -0.120. The lowest BCUT2D eigenvalue weighted by Gasteiger charge is -2.12. The second-order valence-corrected chi connectivity index (χ2v) is 4.63. The zero-order valence-corrected chi connectivity index (χ0v) is 11.8. The van der Waals surface area contributed by atoms with Crippen LogP contribution in [0, 0.1) is 5.82 Å². The number of hydrogen-bond donors (Lipinski definition) is 1. The second kappa shape index (κ2) is 8.04. The molecule has 16 heavy (non-hydrogen) atoms. The summed E-state index contributed by atoms with van der Waals surface area (Å²) in [6, 6.07) is 5.01. The second-order valence-electron chi connectivity index (χ2n) is 3.78. The minimum Gasteiger partial charge on any atom is -0.324 e. The van der Waals surface area contributed by atoms with Gasteiger partial charge in [0.15, 0.2) is 0 Å². The lowest BCUT2D eigenvalue weighted by atomic mass is 10.0. The Morgan fingerprint density at radius 3 is 2.62 bits per heavy atom. The summed E-state index contributed by atoms with van der Waals surface area (Å²) in [6.07, 6.45) is 4.49. The van der Waals surface area contributed by atoms with E-state index in [1.165, 1.54) is 18.9 Å². The molecule has 0 spiro atoms. The van der Waals surface area contributed by atoms with Gasteiger partial charge >= 0.3 is 0 Å². The highest BCUT2D eigenvalue weighted by atomic mass is 79.9. The first-order valence-corrected chi connectivity index (χ1v) is 6.15. The van der Waals surface area contributed by atoms with Crippen molar-refractivity contribution in [1.82, 2.24) is 0 Å². The fraction of sp³-hybridized carbons (Fsp3) is 0.500. The molecule has 1 nitrogen and oxygen atoms in total. The predicted octanol–water partition coefficient (Wildman–Crippen LogP) is 4.59. The lowest BCUT2D eigenvalue weighted by molar-refractivity contribution is 0.577. The van der Waals surface area contributed by atoms with E-state index in [1.807, 2.05) is 0 Å². The van der Waals surface area contributed by atoms with Crippen LogP contribution in [0.4, 0.5) is 4.39 Å². The minimum absolute atomic E-state index is 0. The van der Waals surface area contributed by atoms with Gasteiger partial charge in [-0.1, -0.05) is 32.3 Å². The van der Waals surface area contributed by atoms with Crippen LogP contribution in [0.15, 0.2) is 22.7 Å². The molecule has 0 fully saturated rings. The molecule has 2 N–H and O–H groups in total. The zero-order chi connectivity index (χ0) is 11.3. The van der Waals surface area contributed by atoms with Crippen LogP contribution in [0.5, 0.6) is 0 Å². The molecule has 0 unspecified atom stereocenters. The fourth-order valence-electron chi connectivity index (χ4n) is 1.52. The van der Waals surface area contributed by atoms with Crippen molar-refractivity contribution in [2.45, 2.75) is 38.6 Å². The number of rotatable bonds is 5. The first kappa shape index (κ1) is 15.9. The molecule has 0 aliphatic heterocycles. The number of unbranched alkanes of at least 4 members (excludes halogenated alkanes) is 2. The Morgan fingerprint density at radius 2 is 2.06 bits per heavy atom. The van der Waals surface area contributed by atoms with Gasteiger partial charge in [-0.3, -0.25) is 0 Å². The van der Waals surface area contributed by atoms with Gasteiger partial charge in [-0.25, -0.2) is 4.39 Å². The van der Waals surface area contributed by atoms with Crippen molar-refractivity contribution in [3.8, 4) is 0 Å².